The van der Waals surface area contributed by atoms with Gasteiger partial charge in [-0.3, -0.25) is 0 Å². The summed E-state index contributed by atoms with van der Waals surface area (Å²) >= 11 is 0. The van der Waals surface area contributed by atoms with Crippen molar-refractivity contribution in [3.63, 3.8) is 0 Å². The number of rotatable bonds is 5. The third-order valence-electron chi connectivity index (χ3n) is 3.00. The zero-order valence-electron chi connectivity index (χ0n) is 11.0. The van der Waals surface area contributed by atoms with Gasteiger partial charge >= 0.3 is 0 Å². The molecule has 3 heteroatoms. The van der Waals surface area contributed by atoms with Crippen molar-refractivity contribution >= 4 is 5.69 Å². The molecule has 1 heterocycles. The third-order valence-corrected chi connectivity index (χ3v) is 3.00. The molecule has 2 rings (SSSR count). The Morgan fingerprint density at radius 1 is 1.21 bits per heavy atom. The molecular weight excluding hydrogens is 234 g/mol. The lowest BCUT2D eigenvalue weighted by atomic mass is 10.1. The Morgan fingerprint density at radius 3 is 2.63 bits per heavy atom. The van der Waals surface area contributed by atoms with Crippen LogP contribution in [0.25, 0.3) is 0 Å². The molecule has 1 atom stereocenters. The van der Waals surface area contributed by atoms with Crippen LogP contribution in [0, 0.1) is 11.3 Å². The van der Waals surface area contributed by atoms with Gasteiger partial charge in [-0.15, -0.1) is 0 Å². The topological polar surface area (TPSA) is 48.7 Å². The van der Waals surface area contributed by atoms with Crippen molar-refractivity contribution in [2.75, 3.05) is 5.32 Å². The molecule has 0 bridgehead atoms. The summed E-state index contributed by atoms with van der Waals surface area (Å²) in [4.78, 5) is 4.04. The highest BCUT2D eigenvalue weighted by Gasteiger charge is 2.03. The fourth-order valence-corrected chi connectivity index (χ4v) is 1.93. The first-order valence-corrected chi connectivity index (χ1v) is 6.44. The smallest absolute Gasteiger partial charge is 0.140 e. The summed E-state index contributed by atoms with van der Waals surface area (Å²) in [6.45, 7) is 2.15. The number of nitriles is 1. The fraction of sp³-hybridized carbons (Fsp3) is 0.250. The fourth-order valence-electron chi connectivity index (χ4n) is 1.93. The van der Waals surface area contributed by atoms with Gasteiger partial charge in [-0.05, 0) is 37.5 Å². The largest absolute Gasteiger partial charge is 0.381 e. The van der Waals surface area contributed by atoms with Crippen LogP contribution in [-0.4, -0.2) is 11.0 Å². The Balaban J connectivity index is 1.84. The van der Waals surface area contributed by atoms with Crippen molar-refractivity contribution in [3.8, 4) is 6.07 Å². The average Bonchev–Trinajstić information content (AvgIpc) is 2.47. The molecule has 1 aromatic carbocycles. The average molecular weight is 251 g/mol. The molecule has 96 valence electrons. The van der Waals surface area contributed by atoms with Gasteiger partial charge in [0.2, 0.25) is 0 Å². The summed E-state index contributed by atoms with van der Waals surface area (Å²) in [5, 5.41) is 12.1. The van der Waals surface area contributed by atoms with E-state index in [4.69, 9.17) is 5.26 Å². The molecule has 0 fully saturated rings. The highest BCUT2D eigenvalue weighted by Crippen LogP contribution is 2.11. The maximum absolute atomic E-state index is 8.69. The van der Waals surface area contributed by atoms with Gasteiger partial charge in [0.25, 0.3) is 0 Å². The lowest BCUT2D eigenvalue weighted by molar-refractivity contribution is 0.706. The van der Waals surface area contributed by atoms with Crippen LogP contribution >= 0.6 is 0 Å². The first-order valence-electron chi connectivity index (χ1n) is 6.44. The van der Waals surface area contributed by atoms with E-state index in [9.17, 15) is 0 Å². The lowest BCUT2D eigenvalue weighted by Gasteiger charge is -2.14. The van der Waals surface area contributed by atoms with E-state index in [1.165, 1.54) is 5.56 Å². The second-order valence-electron chi connectivity index (χ2n) is 4.61. The van der Waals surface area contributed by atoms with E-state index in [1.54, 1.807) is 12.3 Å². The highest BCUT2D eigenvalue weighted by atomic mass is 14.9. The van der Waals surface area contributed by atoms with Crippen molar-refractivity contribution in [1.82, 2.24) is 4.98 Å². The maximum atomic E-state index is 8.69. The number of anilines is 1. The van der Waals surface area contributed by atoms with Gasteiger partial charge in [0.15, 0.2) is 0 Å². The Labute approximate surface area is 113 Å². The molecular formula is C16H17N3. The van der Waals surface area contributed by atoms with E-state index in [1.807, 2.05) is 18.2 Å². The van der Waals surface area contributed by atoms with Gasteiger partial charge < -0.3 is 5.32 Å². The first kappa shape index (κ1) is 13.1. The number of nitrogens with one attached hydrogen (secondary N) is 1. The van der Waals surface area contributed by atoms with Crippen LogP contribution in [0.3, 0.4) is 0 Å². The predicted octanol–water partition coefficient (Wildman–Crippen LogP) is 3.39. The summed E-state index contributed by atoms with van der Waals surface area (Å²) < 4.78 is 0. The van der Waals surface area contributed by atoms with Crippen molar-refractivity contribution in [3.05, 3.63) is 59.9 Å². The molecule has 0 amide bonds. The van der Waals surface area contributed by atoms with Crippen LogP contribution in [0.2, 0.25) is 0 Å². The van der Waals surface area contributed by atoms with E-state index in [2.05, 4.69) is 41.5 Å². The monoisotopic (exact) mass is 251 g/mol. The van der Waals surface area contributed by atoms with Gasteiger partial charge in [0.05, 0.1) is 11.9 Å². The third kappa shape index (κ3) is 4.11. The van der Waals surface area contributed by atoms with Crippen LogP contribution in [0.5, 0.6) is 0 Å². The van der Waals surface area contributed by atoms with Crippen molar-refractivity contribution < 1.29 is 0 Å². The molecule has 1 unspecified atom stereocenters. The molecule has 0 aliphatic carbocycles. The zero-order chi connectivity index (χ0) is 13.5. The number of nitrogens with zero attached hydrogens (tertiary/aromatic N) is 2. The quantitative estimate of drug-likeness (QED) is 0.886. The molecule has 0 spiro atoms. The van der Waals surface area contributed by atoms with Crippen molar-refractivity contribution in [1.29, 1.82) is 5.26 Å². The van der Waals surface area contributed by atoms with Gasteiger partial charge in [-0.2, -0.15) is 5.26 Å². The molecule has 2 aromatic rings. The summed E-state index contributed by atoms with van der Waals surface area (Å²) in [5.74, 6) is 0. The van der Waals surface area contributed by atoms with Crippen LogP contribution in [0.15, 0.2) is 48.7 Å². The molecule has 0 saturated carbocycles. The van der Waals surface area contributed by atoms with Crippen LogP contribution in [0.4, 0.5) is 5.69 Å². The van der Waals surface area contributed by atoms with E-state index in [-0.39, 0.29) is 0 Å². The van der Waals surface area contributed by atoms with Gasteiger partial charge in [0.1, 0.15) is 11.8 Å². The number of hydrogen-bond donors (Lipinski definition) is 1. The minimum Gasteiger partial charge on any atom is -0.381 e. The zero-order valence-corrected chi connectivity index (χ0v) is 11.0. The van der Waals surface area contributed by atoms with E-state index >= 15 is 0 Å². The molecule has 3 nitrogen and oxygen atoms in total. The van der Waals surface area contributed by atoms with Gasteiger partial charge in [0, 0.05) is 6.04 Å². The van der Waals surface area contributed by atoms with Crippen molar-refractivity contribution in [2.24, 2.45) is 0 Å². The van der Waals surface area contributed by atoms with Crippen molar-refractivity contribution in [2.45, 2.75) is 25.8 Å². The minimum atomic E-state index is 0.370. The molecule has 19 heavy (non-hydrogen) atoms. The minimum absolute atomic E-state index is 0.370. The summed E-state index contributed by atoms with van der Waals surface area (Å²) in [5.41, 5.74) is 2.76. The summed E-state index contributed by atoms with van der Waals surface area (Å²) in [6.07, 6.45) is 3.82. The molecule has 1 aromatic heterocycles. The molecule has 0 saturated heterocycles. The van der Waals surface area contributed by atoms with E-state index in [0.717, 1.165) is 18.5 Å². The number of aryl methyl sites for hydroxylation is 1. The molecule has 0 radical (unpaired) electrons. The standard InChI is InChI=1S/C16H17N3/c1-13(7-8-14-5-3-2-4-6-14)19-16-10-9-15(11-17)18-12-16/h2-6,9-10,12-13,19H,7-8H2,1H3. The molecule has 0 aliphatic heterocycles. The Hall–Kier alpha value is -2.34. The Morgan fingerprint density at radius 2 is 2.00 bits per heavy atom. The number of hydrogen-bond acceptors (Lipinski definition) is 3. The number of benzene rings is 1. The predicted molar refractivity (Wildman–Crippen MR) is 76.8 cm³/mol. The summed E-state index contributed by atoms with van der Waals surface area (Å²) in [7, 11) is 0. The molecule has 1 N–H and O–H groups in total. The SMILES string of the molecule is CC(CCc1ccccc1)Nc1ccc(C#N)nc1. The Kier molecular flexibility index (Phi) is 4.52. The first-order chi connectivity index (χ1) is 9.28. The van der Waals surface area contributed by atoms with Crippen LogP contribution < -0.4 is 5.32 Å². The maximum Gasteiger partial charge on any atom is 0.140 e. The lowest BCUT2D eigenvalue weighted by Crippen LogP contribution is -2.16. The van der Waals surface area contributed by atoms with Gasteiger partial charge in [-0.25, -0.2) is 4.98 Å². The Bertz CT molecular complexity index is 540. The number of pyridine rings is 1. The summed E-state index contributed by atoms with van der Waals surface area (Å²) in [6, 6.07) is 16.5. The normalized spacial score (nSPS) is 11.6. The van der Waals surface area contributed by atoms with Crippen LogP contribution in [-0.2, 0) is 6.42 Å². The highest BCUT2D eigenvalue weighted by molar-refractivity contribution is 5.43. The van der Waals surface area contributed by atoms with E-state index in [0.29, 0.717) is 11.7 Å². The van der Waals surface area contributed by atoms with Gasteiger partial charge in [-0.1, -0.05) is 30.3 Å². The molecule has 0 aliphatic rings. The van der Waals surface area contributed by atoms with Crippen LogP contribution in [0.1, 0.15) is 24.6 Å². The van der Waals surface area contributed by atoms with E-state index < -0.39 is 0 Å². The second-order valence-corrected chi connectivity index (χ2v) is 4.61. The number of aromatic nitrogens is 1. The second kappa shape index (κ2) is 6.55.